The van der Waals surface area contributed by atoms with Gasteiger partial charge >= 0.3 is 0 Å². The van der Waals surface area contributed by atoms with Crippen molar-refractivity contribution < 1.29 is 13.2 Å². The molecule has 2 rings (SSSR count). The van der Waals surface area contributed by atoms with Crippen molar-refractivity contribution in [1.29, 1.82) is 0 Å². The van der Waals surface area contributed by atoms with Gasteiger partial charge in [-0.3, -0.25) is 14.5 Å². The van der Waals surface area contributed by atoms with Crippen LogP contribution in [0.4, 0.5) is 0 Å². The summed E-state index contributed by atoms with van der Waals surface area (Å²) in [4.78, 5) is 27.2. The minimum Gasteiger partial charge on any atom is -0.366 e. The van der Waals surface area contributed by atoms with Gasteiger partial charge in [0, 0.05) is 51.7 Å². The predicted octanol–water partition coefficient (Wildman–Crippen LogP) is -1.57. The molecule has 2 N–H and O–H groups in total. The van der Waals surface area contributed by atoms with E-state index in [9.17, 15) is 18.0 Å². The van der Waals surface area contributed by atoms with Crippen molar-refractivity contribution in [3.05, 3.63) is 28.7 Å². The van der Waals surface area contributed by atoms with E-state index in [-0.39, 0.29) is 30.4 Å². The van der Waals surface area contributed by atoms with E-state index in [1.807, 2.05) is 4.90 Å². The first kappa shape index (κ1) is 15.7. The smallest absolute Gasteiger partial charge is 0.248 e. The summed E-state index contributed by atoms with van der Waals surface area (Å²) in [5.74, 6) is -0.106. The molecule has 0 radical (unpaired) electrons. The molecular weight excluding hydrogens is 296 g/mol. The number of hydrogen-bond acceptors (Lipinski definition) is 5. The Bertz CT molecular complexity index is 662. The summed E-state index contributed by atoms with van der Waals surface area (Å²) >= 11 is 0. The monoisotopic (exact) mass is 314 g/mol. The van der Waals surface area contributed by atoms with E-state index in [1.165, 1.54) is 22.8 Å². The van der Waals surface area contributed by atoms with E-state index in [0.29, 0.717) is 13.1 Å². The molecule has 0 unspecified atom stereocenters. The van der Waals surface area contributed by atoms with Crippen molar-refractivity contribution >= 4 is 15.9 Å². The van der Waals surface area contributed by atoms with Crippen molar-refractivity contribution in [2.45, 2.75) is 4.90 Å². The van der Waals surface area contributed by atoms with Crippen molar-refractivity contribution in [2.24, 2.45) is 0 Å². The van der Waals surface area contributed by atoms with Crippen LogP contribution in [0.5, 0.6) is 0 Å². The molecule has 1 aliphatic rings. The van der Waals surface area contributed by atoms with Gasteiger partial charge in [0.05, 0.1) is 6.54 Å². The van der Waals surface area contributed by atoms with Gasteiger partial charge in [-0.1, -0.05) is 0 Å². The Kier molecular flexibility index (Phi) is 4.76. The number of carbonyl (C=O) groups excluding carboxylic acids is 1. The quantitative estimate of drug-likeness (QED) is 0.699. The number of amides is 1. The van der Waals surface area contributed by atoms with E-state index in [2.05, 4.69) is 10.3 Å². The van der Waals surface area contributed by atoms with E-state index < -0.39 is 15.5 Å². The van der Waals surface area contributed by atoms with Crippen LogP contribution < -0.4 is 10.7 Å². The second kappa shape index (κ2) is 6.37. The fraction of sp³-hybridized carbons (Fsp3) is 0.500. The van der Waals surface area contributed by atoms with Crippen LogP contribution in [0, 0.1) is 0 Å². The third kappa shape index (κ3) is 3.49. The van der Waals surface area contributed by atoms with Crippen LogP contribution in [0.2, 0.25) is 0 Å². The Balaban J connectivity index is 2.07. The number of rotatable bonds is 4. The summed E-state index contributed by atoms with van der Waals surface area (Å²) in [6.07, 6.45) is 2.59. The molecule has 1 aromatic heterocycles. The summed E-state index contributed by atoms with van der Waals surface area (Å²) in [6, 6.07) is 1.19. The molecule has 9 heteroatoms. The topological polar surface area (TPSA) is 103 Å². The maximum absolute atomic E-state index is 12.4. The summed E-state index contributed by atoms with van der Waals surface area (Å²) in [7, 11) is -2.23. The van der Waals surface area contributed by atoms with E-state index in [0.717, 1.165) is 0 Å². The summed E-state index contributed by atoms with van der Waals surface area (Å²) in [6.45, 7) is 1.67. The third-order valence-corrected chi connectivity index (χ3v) is 5.30. The van der Waals surface area contributed by atoms with Crippen LogP contribution in [0.3, 0.4) is 0 Å². The van der Waals surface area contributed by atoms with Gasteiger partial charge < -0.3 is 10.3 Å². The van der Waals surface area contributed by atoms with E-state index >= 15 is 0 Å². The van der Waals surface area contributed by atoms with Gasteiger partial charge in [0.1, 0.15) is 4.90 Å². The number of nitrogens with one attached hydrogen (secondary N) is 2. The van der Waals surface area contributed by atoms with Crippen LogP contribution >= 0.6 is 0 Å². The Morgan fingerprint density at radius 2 is 2.00 bits per heavy atom. The van der Waals surface area contributed by atoms with Crippen LogP contribution in [-0.4, -0.2) is 68.3 Å². The van der Waals surface area contributed by atoms with Gasteiger partial charge in [0.15, 0.2) is 0 Å². The number of pyridine rings is 1. The number of hydrogen-bond donors (Lipinski definition) is 2. The first-order valence-electron chi connectivity index (χ1n) is 6.55. The molecule has 0 bridgehead atoms. The maximum Gasteiger partial charge on any atom is 0.248 e. The average Bonchev–Trinajstić information content (AvgIpc) is 2.48. The zero-order chi connectivity index (χ0) is 15.5. The Morgan fingerprint density at radius 1 is 1.33 bits per heavy atom. The lowest BCUT2D eigenvalue weighted by Gasteiger charge is -2.33. The molecule has 21 heavy (non-hydrogen) atoms. The van der Waals surface area contributed by atoms with Crippen LogP contribution in [-0.2, 0) is 14.8 Å². The number of aromatic amines is 1. The average molecular weight is 314 g/mol. The van der Waals surface area contributed by atoms with Crippen molar-refractivity contribution in [3.63, 3.8) is 0 Å². The second-order valence-corrected chi connectivity index (χ2v) is 6.63. The highest BCUT2D eigenvalue weighted by atomic mass is 32.2. The third-order valence-electron chi connectivity index (χ3n) is 3.38. The fourth-order valence-electron chi connectivity index (χ4n) is 2.15. The molecule has 0 aliphatic carbocycles. The number of aromatic nitrogens is 1. The Labute approximate surface area is 122 Å². The molecule has 0 saturated carbocycles. The summed E-state index contributed by atoms with van der Waals surface area (Å²) in [5.41, 5.74) is -0.526. The zero-order valence-electron chi connectivity index (χ0n) is 11.7. The van der Waals surface area contributed by atoms with Crippen LogP contribution in [0.1, 0.15) is 0 Å². The first-order valence-corrected chi connectivity index (χ1v) is 7.99. The molecule has 0 spiro atoms. The molecule has 1 fully saturated rings. The number of likely N-dealkylation sites (N-methyl/N-ethyl adjacent to an activating group) is 1. The Morgan fingerprint density at radius 3 is 2.57 bits per heavy atom. The largest absolute Gasteiger partial charge is 0.366 e. The highest BCUT2D eigenvalue weighted by Gasteiger charge is 2.30. The lowest BCUT2D eigenvalue weighted by molar-refractivity contribution is -0.122. The van der Waals surface area contributed by atoms with Crippen molar-refractivity contribution in [1.82, 2.24) is 19.5 Å². The van der Waals surface area contributed by atoms with E-state index in [4.69, 9.17) is 0 Å². The van der Waals surface area contributed by atoms with Crippen LogP contribution in [0.25, 0.3) is 0 Å². The van der Waals surface area contributed by atoms with Gasteiger partial charge in [-0.2, -0.15) is 4.31 Å². The van der Waals surface area contributed by atoms with Gasteiger partial charge in [0.25, 0.3) is 0 Å². The van der Waals surface area contributed by atoms with Crippen molar-refractivity contribution in [3.8, 4) is 0 Å². The van der Waals surface area contributed by atoms with Gasteiger partial charge in [-0.05, 0) is 0 Å². The molecule has 0 aromatic carbocycles. The highest BCUT2D eigenvalue weighted by Crippen LogP contribution is 2.13. The van der Waals surface area contributed by atoms with E-state index in [1.54, 1.807) is 7.05 Å². The lowest BCUT2D eigenvalue weighted by Crippen LogP contribution is -2.51. The standard InChI is InChI=1S/C12H18N4O4S/c1-13-12(18)9-15-4-6-16(7-5-15)21(19,20)11-8-14-3-2-10(11)17/h2-3,8H,4-7,9H2,1H3,(H,13,18)(H,14,17). The van der Waals surface area contributed by atoms with Crippen molar-refractivity contribution in [2.75, 3.05) is 39.8 Å². The summed E-state index contributed by atoms with van der Waals surface area (Å²) in [5, 5.41) is 2.53. The summed E-state index contributed by atoms with van der Waals surface area (Å²) < 4.78 is 26.1. The molecule has 0 atom stereocenters. The number of carbonyl (C=O) groups is 1. The molecule has 1 saturated heterocycles. The Hall–Kier alpha value is -1.71. The molecule has 2 heterocycles. The fourth-order valence-corrected chi connectivity index (χ4v) is 3.61. The predicted molar refractivity (Wildman–Crippen MR) is 76.3 cm³/mol. The number of H-pyrrole nitrogens is 1. The van der Waals surface area contributed by atoms with Gasteiger partial charge in [-0.25, -0.2) is 8.42 Å². The van der Waals surface area contributed by atoms with Gasteiger partial charge in [0.2, 0.25) is 21.4 Å². The minimum absolute atomic E-state index is 0.106. The molecule has 1 amide bonds. The van der Waals surface area contributed by atoms with Gasteiger partial charge in [-0.15, -0.1) is 0 Å². The maximum atomic E-state index is 12.4. The minimum atomic E-state index is -3.79. The zero-order valence-corrected chi connectivity index (χ0v) is 12.5. The molecule has 8 nitrogen and oxygen atoms in total. The molecule has 116 valence electrons. The SMILES string of the molecule is CNC(=O)CN1CCN(S(=O)(=O)c2c[nH]ccc2=O)CC1. The number of sulfonamides is 1. The molecular formula is C12H18N4O4S. The van der Waals surface area contributed by atoms with Crippen LogP contribution in [0.15, 0.2) is 28.2 Å². The first-order chi connectivity index (χ1) is 9.95. The number of nitrogens with zero attached hydrogens (tertiary/aromatic N) is 2. The normalized spacial score (nSPS) is 17.6. The highest BCUT2D eigenvalue weighted by molar-refractivity contribution is 7.89. The molecule has 1 aromatic rings. The second-order valence-electron chi connectivity index (χ2n) is 4.73. The lowest BCUT2D eigenvalue weighted by atomic mass is 10.3. The molecule has 1 aliphatic heterocycles. The number of piperazine rings is 1.